The number of pyridine rings is 1. The normalized spacial score (nSPS) is 12.7. The third-order valence-corrected chi connectivity index (χ3v) is 4.55. The van der Waals surface area contributed by atoms with Crippen LogP contribution < -0.4 is 5.32 Å². The molecule has 0 fully saturated rings. The second-order valence-electron chi connectivity index (χ2n) is 5.12. The van der Waals surface area contributed by atoms with E-state index in [0.29, 0.717) is 0 Å². The molecule has 0 saturated heterocycles. The maximum Gasteiger partial charge on any atom is 0.0957 e. The van der Waals surface area contributed by atoms with Gasteiger partial charge in [0.25, 0.3) is 0 Å². The number of thiazole rings is 1. The molecule has 0 saturated carbocycles. The minimum absolute atomic E-state index is 0.289. The van der Waals surface area contributed by atoms with E-state index in [9.17, 15) is 0 Å². The van der Waals surface area contributed by atoms with Crippen molar-refractivity contribution in [1.29, 1.82) is 0 Å². The number of hydrogen-bond donors (Lipinski definition) is 1. The van der Waals surface area contributed by atoms with Gasteiger partial charge in [0, 0.05) is 24.4 Å². The quantitative estimate of drug-likeness (QED) is 0.776. The molecule has 0 amide bonds. The number of nitrogens with one attached hydrogen (secondary N) is 1. The Morgan fingerprint density at radius 3 is 2.86 bits per heavy atom. The maximum atomic E-state index is 4.75. The van der Waals surface area contributed by atoms with Crippen LogP contribution in [0.2, 0.25) is 0 Å². The number of likely N-dealkylation sites (N-methyl/N-ethyl adjacent to an activating group) is 1. The first-order chi connectivity index (χ1) is 10.3. The smallest absolute Gasteiger partial charge is 0.0957 e. The highest BCUT2D eigenvalue weighted by molar-refractivity contribution is 7.18. The Kier molecular flexibility index (Phi) is 4.27. The van der Waals surface area contributed by atoms with Crippen molar-refractivity contribution in [3.63, 3.8) is 0 Å². The van der Waals surface area contributed by atoms with Crippen molar-refractivity contribution in [2.45, 2.75) is 26.3 Å². The molecule has 3 aromatic rings. The fourth-order valence-electron chi connectivity index (χ4n) is 2.52. The largest absolute Gasteiger partial charge is 0.310 e. The fourth-order valence-corrected chi connectivity index (χ4v) is 3.53. The van der Waals surface area contributed by atoms with Gasteiger partial charge in [-0.05, 0) is 43.3 Å². The minimum atomic E-state index is 0.289. The van der Waals surface area contributed by atoms with Crippen molar-refractivity contribution < 1.29 is 0 Å². The van der Waals surface area contributed by atoms with Gasteiger partial charge in [-0.1, -0.05) is 19.1 Å². The van der Waals surface area contributed by atoms with Crippen molar-refractivity contribution in [3.8, 4) is 0 Å². The fraction of sp³-hybridized carbons (Fsp3) is 0.294. The van der Waals surface area contributed by atoms with E-state index in [0.717, 1.165) is 24.2 Å². The lowest BCUT2D eigenvalue weighted by Crippen LogP contribution is -2.23. The summed E-state index contributed by atoms with van der Waals surface area (Å²) in [6.07, 6.45) is 2.80. The molecule has 0 aliphatic rings. The van der Waals surface area contributed by atoms with Gasteiger partial charge in [0.1, 0.15) is 0 Å². The molecular formula is C17H19N3S. The zero-order valence-corrected chi connectivity index (χ0v) is 13.2. The summed E-state index contributed by atoms with van der Waals surface area (Å²) in [7, 11) is 0. The lowest BCUT2D eigenvalue weighted by Gasteiger charge is -2.17. The third-order valence-electron chi connectivity index (χ3n) is 3.49. The van der Waals surface area contributed by atoms with Gasteiger partial charge in [-0.25, -0.2) is 4.98 Å². The number of fused-ring (bicyclic) bond motifs is 1. The monoisotopic (exact) mass is 297 g/mol. The van der Waals surface area contributed by atoms with E-state index in [4.69, 9.17) is 4.98 Å². The van der Waals surface area contributed by atoms with Crippen LogP contribution in [-0.2, 0) is 6.42 Å². The van der Waals surface area contributed by atoms with Crippen molar-refractivity contribution >= 4 is 21.6 Å². The number of aryl methyl sites for hydroxylation is 1. The molecule has 1 atom stereocenters. The van der Waals surface area contributed by atoms with Gasteiger partial charge >= 0.3 is 0 Å². The second-order valence-corrected chi connectivity index (χ2v) is 6.24. The molecule has 4 heteroatoms. The molecule has 3 rings (SSSR count). The van der Waals surface area contributed by atoms with Crippen LogP contribution in [0.15, 0.2) is 42.6 Å². The molecule has 1 aromatic carbocycles. The Balaban J connectivity index is 1.87. The molecule has 2 aromatic heterocycles. The zero-order valence-electron chi connectivity index (χ0n) is 12.3. The molecular weight excluding hydrogens is 278 g/mol. The van der Waals surface area contributed by atoms with E-state index in [1.807, 2.05) is 19.2 Å². The number of nitrogens with zero attached hydrogens (tertiary/aromatic N) is 2. The lowest BCUT2D eigenvalue weighted by molar-refractivity contribution is 0.548. The van der Waals surface area contributed by atoms with Crippen molar-refractivity contribution in [2.75, 3.05) is 6.54 Å². The first-order valence-electron chi connectivity index (χ1n) is 7.26. The van der Waals surface area contributed by atoms with Gasteiger partial charge < -0.3 is 5.32 Å². The molecule has 21 heavy (non-hydrogen) atoms. The molecule has 3 nitrogen and oxygen atoms in total. The second kappa shape index (κ2) is 6.33. The Morgan fingerprint density at radius 2 is 2.10 bits per heavy atom. The van der Waals surface area contributed by atoms with Crippen LogP contribution in [0.3, 0.4) is 0 Å². The van der Waals surface area contributed by atoms with Gasteiger partial charge in [0.2, 0.25) is 0 Å². The Bertz CT molecular complexity index is 702. The summed E-state index contributed by atoms with van der Waals surface area (Å²) < 4.78 is 1.26. The Hall–Kier alpha value is -1.78. The third kappa shape index (κ3) is 3.28. The summed E-state index contributed by atoms with van der Waals surface area (Å²) in [4.78, 5) is 9.03. The molecule has 1 unspecified atom stereocenters. The maximum absolute atomic E-state index is 4.75. The predicted molar refractivity (Wildman–Crippen MR) is 88.7 cm³/mol. The first kappa shape index (κ1) is 14.2. The van der Waals surface area contributed by atoms with Crippen LogP contribution in [0.4, 0.5) is 0 Å². The average molecular weight is 297 g/mol. The standard InChI is InChI=1S/C17H19N3S/c1-3-18-15(13-8-9-19-12(2)10-13)11-17-20-14-6-4-5-7-16(14)21-17/h4-10,15,18H,3,11H2,1-2H3. The van der Waals surface area contributed by atoms with E-state index in [1.54, 1.807) is 11.3 Å². The van der Waals surface area contributed by atoms with Crippen molar-refractivity contribution in [2.24, 2.45) is 0 Å². The average Bonchev–Trinajstić information content (AvgIpc) is 2.89. The molecule has 0 spiro atoms. The van der Waals surface area contributed by atoms with E-state index in [-0.39, 0.29) is 6.04 Å². The SMILES string of the molecule is CCNC(Cc1nc2ccccc2s1)c1ccnc(C)c1. The van der Waals surface area contributed by atoms with Crippen LogP contribution in [0.1, 0.15) is 29.2 Å². The molecule has 0 aliphatic heterocycles. The van der Waals surface area contributed by atoms with E-state index >= 15 is 0 Å². The van der Waals surface area contributed by atoms with Gasteiger partial charge in [-0.15, -0.1) is 11.3 Å². The summed E-state index contributed by atoms with van der Waals surface area (Å²) in [5.74, 6) is 0. The minimum Gasteiger partial charge on any atom is -0.310 e. The summed E-state index contributed by atoms with van der Waals surface area (Å²) >= 11 is 1.78. The predicted octanol–water partition coefficient (Wildman–Crippen LogP) is 3.89. The zero-order chi connectivity index (χ0) is 14.7. The highest BCUT2D eigenvalue weighted by atomic mass is 32.1. The first-order valence-corrected chi connectivity index (χ1v) is 8.08. The summed E-state index contributed by atoms with van der Waals surface area (Å²) in [5, 5.41) is 4.74. The van der Waals surface area contributed by atoms with Crippen molar-refractivity contribution in [3.05, 3.63) is 58.9 Å². The Labute approximate surface area is 129 Å². The summed E-state index contributed by atoms with van der Waals surface area (Å²) in [6.45, 7) is 5.11. The molecule has 108 valence electrons. The van der Waals surface area contributed by atoms with Crippen LogP contribution in [-0.4, -0.2) is 16.5 Å². The molecule has 2 heterocycles. The highest BCUT2D eigenvalue weighted by Crippen LogP contribution is 2.26. The van der Waals surface area contributed by atoms with Crippen LogP contribution in [0.5, 0.6) is 0 Å². The summed E-state index contributed by atoms with van der Waals surface area (Å²) in [5.41, 5.74) is 3.43. The summed E-state index contributed by atoms with van der Waals surface area (Å²) in [6, 6.07) is 12.9. The van der Waals surface area contributed by atoms with E-state index in [1.165, 1.54) is 15.3 Å². The Morgan fingerprint density at radius 1 is 1.24 bits per heavy atom. The number of para-hydroxylation sites is 1. The van der Waals surface area contributed by atoms with Crippen LogP contribution in [0.25, 0.3) is 10.2 Å². The highest BCUT2D eigenvalue weighted by Gasteiger charge is 2.14. The molecule has 1 N–H and O–H groups in total. The topological polar surface area (TPSA) is 37.8 Å². The number of aromatic nitrogens is 2. The molecule has 0 bridgehead atoms. The lowest BCUT2D eigenvalue weighted by atomic mass is 10.0. The van der Waals surface area contributed by atoms with Gasteiger partial charge in [0.05, 0.1) is 15.2 Å². The number of hydrogen-bond acceptors (Lipinski definition) is 4. The molecule has 0 aliphatic carbocycles. The van der Waals surface area contributed by atoms with Gasteiger partial charge in [-0.2, -0.15) is 0 Å². The number of rotatable bonds is 5. The van der Waals surface area contributed by atoms with Gasteiger partial charge in [-0.3, -0.25) is 4.98 Å². The van der Waals surface area contributed by atoms with Gasteiger partial charge in [0.15, 0.2) is 0 Å². The number of benzene rings is 1. The van der Waals surface area contributed by atoms with E-state index in [2.05, 4.69) is 47.6 Å². The van der Waals surface area contributed by atoms with Crippen LogP contribution >= 0.6 is 11.3 Å². The van der Waals surface area contributed by atoms with Crippen molar-refractivity contribution in [1.82, 2.24) is 15.3 Å². The molecule has 0 radical (unpaired) electrons. The van der Waals surface area contributed by atoms with E-state index < -0.39 is 0 Å². The van der Waals surface area contributed by atoms with Crippen LogP contribution in [0, 0.1) is 6.92 Å².